The summed E-state index contributed by atoms with van der Waals surface area (Å²) in [6.07, 6.45) is 0. The molecule has 1 N–H and O–H groups in total. The van der Waals surface area contributed by atoms with Gasteiger partial charge in [-0.25, -0.2) is 0 Å². The quantitative estimate of drug-likeness (QED) is 0.541. The highest BCUT2D eigenvalue weighted by Gasteiger charge is 2.29. The molecule has 1 nitrogen and oxygen atoms in total. The van der Waals surface area contributed by atoms with Gasteiger partial charge >= 0.3 is 0 Å². The van der Waals surface area contributed by atoms with Gasteiger partial charge in [0.25, 0.3) is 0 Å². The molecule has 0 heterocycles. The van der Waals surface area contributed by atoms with Gasteiger partial charge in [0.1, 0.15) is 8.24 Å². The topological polar surface area (TPSA) is 12.0 Å². The lowest BCUT2D eigenvalue weighted by Crippen LogP contribution is -2.61. The summed E-state index contributed by atoms with van der Waals surface area (Å²) in [5, 5.41) is 7.17. The summed E-state index contributed by atoms with van der Waals surface area (Å²) >= 11 is 0. The molecular formula is C19H24NSi-. The summed E-state index contributed by atoms with van der Waals surface area (Å²) in [6.45, 7) is 11.6. The fourth-order valence-corrected chi connectivity index (χ4v) is 7.47. The van der Waals surface area contributed by atoms with Crippen LogP contribution < -0.4 is 10.2 Å². The Morgan fingerprint density at radius 2 is 1.52 bits per heavy atom. The van der Waals surface area contributed by atoms with E-state index in [1.54, 1.807) is 5.19 Å². The van der Waals surface area contributed by atoms with Crippen LogP contribution in [0, 0.1) is 0 Å². The first kappa shape index (κ1) is 14.4. The summed E-state index contributed by atoms with van der Waals surface area (Å²) in [5.74, 6) is 0. The third kappa shape index (κ3) is 2.54. The Hall–Kier alpha value is -1.51. The molecule has 0 unspecified atom stereocenters. The minimum Gasteiger partial charge on any atom is -0.330 e. The van der Waals surface area contributed by atoms with E-state index in [0.717, 1.165) is 0 Å². The van der Waals surface area contributed by atoms with Crippen LogP contribution in [0.3, 0.4) is 0 Å². The highest BCUT2D eigenvalue weighted by molar-refractivity contribution is 6.91. The Morgan fingerprint density at radius 3 is 2.19 bits per heavy atom. The van der Waals surface area contributed by atoms with Crippen molar-refractivity contribution >= 4 is 35.0 Å². The first-order valence-corrected chi connectivity index (χ1v) is 10.7. The first-order chi connectivity index (χ1) is 9.80. The van der Waals surface area contributed by atoms with Gasteiger partial charge in [-0.05, 0) is 20.8 Å². The van der Waals surface area contributed by atoms with Crippen LogP contribution in [0.5, 0.6) is 0 Å². The Balaban J connectivity index is 2.34. The third-order valence-electron chi connectivity index (χ3n) is 4.00. The zero-order chi connectivity index (χ0) is 15.3. The van der Waals surface area contributed by atoms with Crippen LogP contribution in [-0.2, 0) is 0 Å². The molecule has 0 saturated heterocycles. The molecule has 0 saturated carbocycles. The summed E-state index contributed by atoms with van der Waals surface area (Å²) in [4.78, 5) is 3.92. The van der Waals surface area contributed by atoms with Gasteiger partial charge < -0.3 is 4.98 Å². The molecule has 3 rings (SSSR count). The lowest BCUT2D eigenvalue weighted by molar-refractivity contribution is 0.515. The predicted molar refractivity (Wildman–Crippen MR) is 97.1 cm³/mol. The van der Waals surface area contributed by atoms with Gasteiger partial charge in [-0.3, -0.25) is 0 Å². The molecule has 2 heteroatoms. The van der Waals surface area contributed by atoms with Crippen molar-refractivity contribution in [3.63, 3.8) is 0 Å². The van der Waals surface area contributed by atoms with Crippen LogP contribution in [0.4, 0.5) is 0 Å². The molecule has 0 spiro atoms. The Morgan fingerprint density at radius 1 is 0.905 bits per heavy atom. The second-order valence-corrected chi connectivity index (χ2v) is 11.5. The lowest BCUT2D eigenvalue weighted by Gasteiger charge is -2.35. The normalized spacial score (nSPS) is 13.2. The van der Waals surface area contributed by atoms with Gasteiger partial charge in [0.05, 0.1) is 0 Å². The van der Waals surface area contributed by atoms with Crippen molar-refractivity contribution in [1.82, 2.24) is 4.98 Å². The van der Waals surface area contributed by atoms with Crippen LogP contribution in [0.2, 0.25) is 13.1 Å². The van der Waals surface area contributed by atoms with Crippen molar-refractivity contribution in [3.8, 4) is 0 Å². The molecule has 0 atom stereocenters. The van der Waals surface area contributed by atoms with Crippen LogP contribution in [0.1, 0.15) is 20.8 Å². The third-order valence-corrected chi connectivity index (χ3v) is 7.16. The summed E-state index contributed by atoms with van der Waals surface area (Å²) in [6, 6.07) is 17.7. The van der Waals surface area contributed by atoms with Crippen molar-refractivity contribution < 1.29 is 0 Å². The monoisotopic (exact) mass is 294 g/mol. The molecule has 0 aromatic heterocycles. The molecule has 0 aliphatic carbocycles. The van der Waals surface area contributed by atoms with E-state index in [9.17, 15) is 0 Å². The standard InChI is InChI=1S/C19H24NSi/c1-19(2,3)20-21(4,5)18-16-12-8-6-10-14(16)15-11-7-9-13-17(15)18/h6-13,20H,1-5H3/q-1. The minimum absolute atomic E-state index is 0.134. The maximum atomic E-state index is 3.92. The first-order valence-electron chi connectivity index (χ1n) is 7.65. The van der Waals surface area contributed by atoms with Gasteiger partial charge in [-0.15, -0.1) is 45.6 Å². The van der Waals surface area contributed by atoms with E-state index >= 15 is 0 Å². The van der Waals surface area contributed by atoms with Crippen LogP contribution in [-0.4, -0.2) is 13.8 Å². The molecular weight excluding hydrogens is 270 g/mol. The molecule has 0 aliphatic heterocycles. The molecule has 0 bridgehead atoms. The number of hydrogen-bond acceptors (Lipinski definition) is 1. The molecule has 3 aromatic rings. The van der Waals surface area contributed by atoms with Gasteiger partial charge in [-0.2, -0.15) is 0 Å². The molecule has 0 aliphatic rings. The second-order valence-electron chi connectivity index (χ2n) is 7.47. The van der Waals surface area contributed by atoms with Gasteiger partial charge in [0.2, 0.25) is 0 Å². The zero-order valence-electron chi connectivity index (χ0n) is 13.6. The predicted octanol–water partition coefficient (Wildman–Crippen LogP) is 4.51. The van der Waals surface area contributed by atoms with E-state index in [-0.39, 0.29) is 5.54 Å². The van der Waals surface area contributed by atoms with Crippen molar-refractivity contribution in [2.24, 2.45) is 0 Å². The summed E-state index contributed by atoms with van der Waals surface area (Å²) in [5.41, 5.74) is 0.134. The van der Waals surface area contributed by atoms with Crippen molar-refractivity contribution in [2.75, 3.05) is 0 Å². The lowest BCUT2D eigenvalue weighted by atomic mass is 10.1. The number of nitrogens with one attached hydrogen (secondary N) is 1. The highest BCUT2D eigenvalue weighted by atomic mass is 28.3. The molecule has 0 radical (unpaired) electrons. The zero-order valence-corrected chi connectivity index (χ0v) is 14.6. The smallest absolute Gasteiger partial charge is 0.137 e. The highest BCUT2D eigenvalue weighted by Crippen LogP contribution is 2.29. The minimum atomic E-state index is -1.74. The van der Waals surface area contributed by atoms with Gasteiger partial charge in [0, 0.05) is 5.54 Å². The fraction of sp³-hybridized carbons (Fsp3) is 0.316. The average Bonchev–Trinajstić information content (AvgIpc) is 2.71. The Bertz CT molecular complexity index is 737. The largest absolute Gasteiger partial charge is 0.330 e. The van der Waals surface area contributed by atoms with E-state index in [4.69, 9.17) is 0 Å². The van der Waals surface area contributed by atoms with E-state index in [0.29, 0.717) is 0 Å². The average molecular weight is 294 g/mol. The van der Waals surface area contributed by atoms with E-state index in [1.807, 2.05) is 0 Å². The summed E-state index contributed by atoms with van der Waals surface area (Å²) in [7, 11) is -1.74. The fourth-order valence-electron chi connectivity index (χ4n) is 3.69. The second kappa shape index (κ2) is 4.75. The van der Waals surface area contributed by atoms with Crippen molar-refractivity contribution in [2.45, 2.75) is 39.4 Å². The molecule has 21 heavy (non-hydrogen) atoms. The van der Waals surface area contributed by atoms with Crippen LogP contribution in [0.15, 0.2) is 48.5 Å². The molecule has 0 fully saturated rings. The van der Waals surface area contributed by atoms with E-state index < -0.39 is 8.24 Å². The maximum Gasteiger partial charge on any atom is 0.137 e. The maximum absolute atomic E-state index is 3.92. The van der Waals surface area contributed by atoms with E-state index in [1.165, 1.54) is 21.5 Å². The van der Waals surface area contributed by atoms with Gasteiger partial charge in [0.15, 0.2) is 0 Å². The molecule has 3 aromatic carbocycles. The van der Waals surface area contributed by atoms with Crippen LogP contribution >= 0.6 is 0 Å². The van der Waals surface area contributed by atoms with E-state index in [2.05, 4.69) is 87.4 Å². The SMILES string of the molecule is CC(C)(C)N[Si](C)(C)c1c2ccccc2c2cccc[c-]12. The number of hydrogen-bond donors (Lipinski definition) is 1. The Kier molecular flexibility index (Phi) is 3.27. The molecule has 0 amide bonds. The number of benzene rings is 2. The van der Waals surface area contributed by atoms with Crippen molar-refractivity contribution in [1.29, 1.82) is 0 Å². The number of fused-ring (bicyclic) bond motifs is 3. The van der Waals surface area contributed by atoms with Crippen molar-refractivity contribution in [3.05, 3.63) is 48.5 Å². The van der Waals surface area contributed by atoms with Gasteiger partial charge in [-0.1, -0.05) is 42.7 Å². The summed E-state index contributed by atoms with van der Waals surface area (Å²) < 4.78 is 0. The van der Waals surface area contributed by atoms with Crippen LogP contribution in [0.25, 0.3) is 21.5 Å². The Labute approximate surface area is 128 Å². The molecule has 110 valence electrons. The number of rotatable bonds is 2.